The van der Waals surface area contributed by atoms with Gasteiger partial charge in [-0.1, -0.05) is 26.0 Å². The number of ketones is 2. The predicted molar refractivity (Wildman–Crippen MR) is 81.9 cm³/mol. The number of Topliss-reactive ketones (excluding diaryl/α,β-unsaturated/α-hetero) is 2. The van der Waals surface area contributed by atoms with E-state index in [9.17, 15) is 14.0 Å². The molecule has 4 aliphatic carbocycles. The molecule has 0 aromatic heterocycles. The third kappa shape index (κ3) is 1.66. The first-order valence-electron chi connectivity index (χ1n) is 8.74. The van der Waals surface area contributed by atoms with Gasteiger partial charge in [0, 0.05) is 17.8 Å². The van der Waals surface area contributed by atoms with E-state index < -0.39 is 11.6 Å². The molecule has 120 valence electrons. The van der Waals surface area contributed by atoms with E-state index in [1.165, 1.54) is 0 Å². The van der Waals surface area contributed by atoms with E-state index in [2.05, 4.69) is 19.1 Å². The normalized spacial score (nSPS) is 53.9. The number of halogens is 1. The number of fused-ring (bicyclic) bond motifs is 5. The number of hydrogen-bond acceptors (Lipinski definition) is 2. The molecule has 22 heavy (non-hydrogen) atoms. The summed E-state index contributed by atoms with van der Waals surface area (Å²) < 4.78 is 14.1. The number of rotatable bonds is 0. The van der Waals surface area contributed by atoms with E-state index in [4.69, 9.17) is 0 Å². The Morgan fingerprint density at radius 2 is 1.95 bits per heavy atom. The molecule has 0 saturated heterocycles. The van der Waals surface area contributed by atoms with Crippen LogP contribution in [0.25, 0.3) is 0 Å². The molecule has 0 radical (unpaired) electrons. The van der Waals surface area contributed by atoms with Crippen LogP contribution in [0.4, 0.5) is 4.39 Å². The van der Waals surface area contributed by atoms with Gasteiger partial charge in [-0.25, -0.2) is 4.39 Å². The van der Waals surface area contributed by atoms with E-state index in [1.807, 2.05) is 6.92 Å². The van der Waals surface area contributed by atoms with Crippen LogP contribution in [0.5, 0.6) is 0 Å². The van der Waals surface area contributed by atoms with Crippen LogP contribution in [0.1, 0.15) is 52.4 Å². The minimum atomic E-state index is -1.35. The SMILES string of the molecule is C[C@]12CC=CCC1CC(=O)[C@@H]1[C@@H]2CC[C@]2(C)C(=O)[C@H](F)C[C@@H]12. The molecule has 3 saturated carbocycles. The fourth-order valence-corrected chi connectivity index (χ4v) is 6.27. The van der Waals surface area contributed by atoms with Crippen molar-refractivity contribution in [1.82, 2.24) is 0 Å². The highest BCUT2D eigenvalue weighted by atomic mass is 19.1. The maximum absolute atomic E-state index is 14.1. The Hall–Kier alpha value is -0.990. The first kappa shape index (κ1) is 14.6. The molecule has 4 aliphatic rings. The van der Waals surface area contributed by atoms with Gasteiger partial charge in [-0.15, -0.1) is 0 Å². The average molecular weight is 304 g/mol. The Bertz CT molecular complexity index is 568. The fraction of sp³-hybridized carbons (Fsp3) is 0.789. The molecule has 0 heterocycles. The number of hydrogen-bond donors (Lipinski definition) is 0. The van der Waals surface area contributed by atoms with Crippen molar-refractivity contribution in [3.05, 3.63) is 12.2 Å². The first-order valence-corrected chi connectivity index (χ1v) is 8.74. The van der Waals surface area contributed by atoms with Gasteiger partial charge < -0.3 is 0 Å². The van der Waals surface area contributed by atoms with E-state index in [0.717, 1.165) is 25.7 Å². The molecule has 7 atom stereocenters. The van der Waals surface area contributed by atoms with Gasteiger partial charge in [0.15, 0.2) is 12.0 Å². The van der Waals surface area contributed by atoms with Gasteiger partial charge in [-0.2, -0.15) is 0 Å². The highest BCUT2D eigenvalue weighted by Crippen LogP contribution is 2.64. The molecule has 0 aliphatic heterocycles. The van der Waals surface area contributed by atoms with Crippen LogP contribution < -0.4 is 0 Å². The minimum absolute atomic E-state index is 0.0649. The van der Waals surface area contributed by atoms with Gasteiger partial charge in [0.05, 0.1) is 0 Å². The smallest absolute Gasteiger partial charge is 0.173 e. The van der Waals surface area contributed by atoms with Crippen molar-refractivity contribution >= 4 is 11.6 Å². The Balaban J connectivity index is 1.75. The summed E-state index contributed by atoms with van der Waals surface area (Å²) in [6.07, 6.45) is 7.72. The van der Waals surface area contributed by atoms with Crippen LogP contribution in [0, 0.1) is 34.5 Å². The van der Waals surface area contributed by atoms with Gasteiger partial charge in [0.25, 0.3) is 0 Å². The Kier molecular flexibility index (Phi) is 3.00. The standard InChI is InChI=1S/C19H25FO2/c1-18-7-4-3-5-11(18)9-15(21)16-12(18)6-8-19(2)13(16)10-14(20)17(19)22/h3-4,11-14,16H,5-10H2,1-2H3/t11?,12-,13-,14+,16+,18-,19-/m0/s1. The van der Waals surface area contributed by atoms with Crippen molar-refractivity contribution < 1.29 is 14.0 Å². The molecular formula is C19H25FO2. The summed E-state index contributed by atoms with van der Waals surface area (Å²) in [6.45, 7) is 4.25. The minimum Gasteiger partial charge on any atom is -0.299 e. The van der Waals surface area contributed by atoms with Crippen LogP contribution in [-0.4, -0.2) is 17.7 Å². The lowest BCUT2D eigenvalue weighted by Gasteiger charge is -2.57. The van der Waals surface area contributed by atoms with Gasteiger partial charge >= 0.3 is 0 Å². The summed E-state index contributed by atoms with van der Waals surface area (Å²) in [4.78, 5) is 25.2. The first-order chi connectivity index (χ1) is 10.4. The highest BCUT2D eigenvalue weighted by Gasteiger charge is 2.64. The van der Waals surface area contributed by atoms with E-state index in [0.29, 0.717) is 24.0 Å². The fourth-order valence-electron chi connectivity index (χ4n) is 6.27. The molecule has 0 amide bonds. The molecule has 2 nitrogen and oxygen atoms in total. The van der Waals surface area contributed by atoms with Gasteiger partial charge in [-0.3, -0.25) is 9.59 Å². The number of carbonyl (C=O) groups is 2. The van der Waals surface area contributed by atoms with Crippen LogP contribution in [0.2, 0.25) is 0 Å². The Labute approximate surface area is 131 Å². The molecule has 1 unspecified atom stereocenters. The number of alkyl halides is 1. The maximum Gasteiger partial charge on any atom is 0.173 e. The van der Waals surface area contributed by atoms with Crippen molar-refractivity contribution in [3.8, 4) is 0 Å². The second kappa shape index (κ2) is 4.52. The molecule has 4 rings (SSSR count). The largest absolute Gasteiger partial charge is 0.299 e. The van der Waals surface area contributed by atoms with Crippen molar-refractivity contribution in [3.63, 3.8) is 0 Å². The van der Waals surface area contributed by atoms with E-state index >= 15 is 0 Å². The van der Waals surface area contributed by atoms with Crippen LogP contribution >= 0.6 is 0 Å². The molecule has 0 aromatic carbocycles. The topological polar surface area (TPSA) is 34.1 Å². The lowest BCUT2D eigenvalue weighted by Crippen LogP contribution is -2.55. The van der Waals surface area contributed by atoms with Gasteiger partial charge in [0.1, 0.15) is 5.78 Å². The highest BCUT2D eigenvalue weighted by molar-refractivity contribution is 5.93. The quantitative estimate of drug-likeness (QED) is 0.636. The zero-order valence-corrected chi connectivity index (χ0v) is 13.5. The third-order valence-electron chi connectivity index (χ3n) is 7.71. The second-order valence-electron chi connectivity index (χ2n) is 8.55. The molecular weight excluding hydrogens is 279 g/mol. The van der Waals surface area contributed by atoms with Gasteiger partial charge in [-0.05, 0) is 55.3 Å². The molecule has 0 N–H and O–H groups in total. The molecule has 3 fully saturated rings. The second-order valence-corrected chi connectivity index (χ2v) is 8.55. The van der Waals surface area contributed by atoms with Crippen LogP contribution in [0.3, 0.4) is 0 Å². The van der Waals surface area contributed by atoms with Crippen LogP contribution in [0.15, 0.2) is 12.2 Å². The summed E-state index contributed by atoms with van der Waals surface area (Å²) in [5, 5.41) is 0. The lowest BCUT2D eigenvalue weighted by atomic mass is 9.45. The molecule has 0 aromatic rings. The summed E-state index contributed by atoms with van der Waals surface area (Å²) >= 11 is 0. The van der Waals surface area contributed by atoms with Gasteiger partial charge in [0.2, 0.25) is 0 Å². The maximum atomic E-state index is 14.1. The third-order valence-corrected chi connectivity index (χ3v) is 7.71. The summed E-state index contributed by atoms with van der Waals surface area (Å²) in [5.74, 6) is 0.690. The zero-order chi connectivity index (χ0) is 15.7. The Morgan fingerprint density at radius 3 is 2.73 bits per heavy atom. The molecule has 0 spiro atoms. The monoisotopic (exact) mass is 304 g/mol. The summed E-state index contributed by atoms with van der Waals surface area (Å²) in [5.41, 5.74) is -0.434. The predicted octanol–water partition coefficient (Wildman–Crippen LogP) is 3.89. The van der Waals surface area contributed by atoms with E-state index in [-0.39, 0.29) is 29.5 Å². The summed E-state index contributed by atoms with van der Waals surface area (Å²) in [6, 6.07) is 0. The summed E-state index contributed by atoms with van der Waals surface area (Å²) in [7, 11) is 0. The molecule has 0 bridgehead atoms. The lowest BCUT2D eigenvalue weighted by molar-refractivity contribution is -0.153. The van der Waals surface area contributed by atoms with Crippen molar-refractivity contribution in [1.29, 1.82) is 0 Å². The van der Waals surface area contributed by atoms with Crippen molar-refractivity contribution in [2.24, 2.45) is 34.5 Å². The van der Waals surface area contributed by atoms with Crippen LogP contribution in [-0.2, 0) is 9.59 Å². The zero-order valence-electron chi connectivity index (χ0n) is 13.5. The van der Waals surface area contributed by atoms with E-state index in [1.54, 1.807) is 0 Å². The van der Waals surface area contributed by atoms with Crippen molar-refractivity contribution in [2.75, 3.05) is 0 Å². The number of allylic oxidation sites excluding steroid dienone is 2. The average Bonchev–Trinajstić information content (AvgIpc) is 2.71. The Morgan fingerprint density at radius 1 is 1.18 bits per heavy atom. The van der Waals surface area contributed by atoms with Crippen molar-refractivity contribution in [2.45, 2.75) is 58.5 Å². The number of carbonyl (C=O) groups excluding carboxylic acids is 2. The molecule has 3 heteroatoms.